The van der Waals surface area contributed by atoms with Crippen LogP contribution in [0.4, 0.5) is 5.82 Å². The minimum atomic E-state index is -0.0893. The molecular formula is C23H27N5O2S. The lowest BCUT2D eigenvalue weighted by Crippen LogP contribution is -2.51. The highest BCUT2D eigenvalue weighted by Crippen LogP contribution is 2.19. The first-order valence-electron chi connectivity index (χ1n) is 10.6. The zero-order chi connectivity index (χ0) is 21.8. The Labute approximate surface area is 186 Å². The SMILES string of the molecule is CC(C)Cn1c(=O)c(N2CCN(C(=O)CSc3ccccc3)CC2)nc2ccncc21. The molecule has 1 fully saturated rings. The number of thioether (sulfide) groups is 1. The number of benzene rings is 1. The molecule has 0 N–H and O–H groups in total. The van der Waals surface area contributed by atoms with E-state index in [9.17, 15) is 9.59 Å². The fourth-order valence-electron chi connectivity index (χ4n) is 3.75. The van der Waals surface area contributed by atoms with Crippen molar-refractivity contribution in [2.75, 3.05) is 36.8 Å². The van der Waals surface area contributed by atoms with Crippen molar-refractivity contribution in [1.29, 1.82) is 0 Å². The van der Waals surface area contributed by atoms with Crippen LogP contribution in [0.25, 0.3) is 11.0 Å². The Morgan fingerprint density at radius 3 is 2.55 bits per heavy atom. The molecule has 31 heavy (non-hydrogen) atoms. The number of pyridine rings is 1. The molecule has 8 heteroatoms. The van der Waals surface area contributed by atoms with Gasteiger partial charge in [0, 0.05) is 43.8 Å². The van der Waals surface area contributed by atoms with E-state index in [0.29, 0.717) is 50.2 Å². The van der Waals surface area contributed by atoms with E-state index in [1.54, 1.807) is 28.7 Å². The highest BCUT2D eigenvalue weighted by atomic mass is 32.2. The van der Waals surface area contributed by atoms with Gasteiger partial charge in [-0.3, -0.25) is 14.6 Å². The van der Waals surface area contributed by atoms with Crippen molar-refractivity contribution < 1.29 is 4.79 Å². The Bertz CT molecular complexity index is 1110. The number of rotatable bonds is 6. The molecule has 0 aliphatic carbocycles. The van der Waals surface area contributed by atoms with Gasteiger partial charge in [0.1, 0.15) is 0 Å². The van der Waals surface area contributed by atoms with Gasteiger partial charge in [-0.05, 0) is 24.1 Å². The Hall–Kier alpha value is -2.87. The van der Waals surface area contributed by atoms with Crippen LogP contribution in [-0.2, 0) is 11.3 Å². The summed E-state index contributed by atoms with van der Waals surface area (Å²) in [6, 6.07) is 11.8. The average molecular weight is 438 g/mol. The van der Waals surface area contributed by atoms with Gasteiger partial charge in [0.25, 0.3) is 5.56 Å². The first-order valence-corrected chi connectivity index (χ1v) is 11.6. The Balaban J connectivity index is 1.46. The molecule has 1 aromatic carbocycles. The molecule has 3 aromatic rings. The monoisotopic (exact) mass is 437 g/mol. The van der Waals surface area contributed by atoms with E-state index < -0.39 is 0 Å². The second-order valence-electron chi connectivity index (χ2n) is 8.08. The van der Waals surface area contributed by atoms with Gasteiger partial charge in [-0.1, -0.05) is 32.0 Å². The number of fused-ring (bicyclic) bond motifs is 1. The van der Waals surface area contributed by atoms with Crippen LogP contribution in [0.5, 0.6) is 0 Å². The van der Waals surface area contributed by atoms with Crippen molar-refractivity contribution in [2.24, 2.45) is 5.92 Å². The summed E-state index contributed by atoms with van der Waals surface area (Å²) in [6.07, 6.45) is 3.40. The van der Waals surface area contributed by atoms with Crippen molar-refractivity contribution in [3.63, 3.8) is 0 Å². The van der Waals surface area contributed by atoms with Gasteiger partial charge in [-0.25, -0.2) is 4.98 Å². The molecule has 1 aliphatic heterocycles. The topological polar surface area (TPSA) is 71.3 Å². The van der Waals surface area contributed by atoms with Crippen molar-refractivity contribution in [3.8, 4) is 0 Å². The van der Waals surface area contributed by atoms with Crippen molar-refractivity contribution in [2.45, 2.75) is 25.3 Å². The largest absolute Gasteiger partial charge is 0.348 e. The van der Waals surface area contributed by atoms with Crippen LogP contribution < -0.4 is 10.5 Å². The highest BCUT2D eigenvalue weighted by Gasteiger charge is 2.25. The fourth-order valence-corrected chi connectivity index (χ4v) is 4.57. The zero-order valence-electron chi connectivity index (χ0n) is 17.9. The predicted molar refractivity (Wildman–Crippen MR) is 125 cm³/mol. The molecule has 7 nitrogen and oxygen atoms in total. The summed E-state index contributed by atoms with van der Waals surface area (Å²) in [7, 11) is 0. The quantitative estimate of drug-likeness (QED) is 0.552. The molecule has 1 amide bonds. The fraction of sp³-hybridized carbons (Fsp3) is 0.391. The van der Waals surface area contributed by atoms with Gasteiger partial charge in [0.2, 0.25) is 5.91 Å². The molecular weight excluding hydrogens is 410 g/mol. The molecule has 4 rings (SSSR count). The number of aromatic nitrogens is 3. The van der Waals surface area contributed by atoms with Gasteiger partial charge >= 0.3 is 0 Å². The third-order valence-electron chi connectivity index (χ3n) is 5.32. The smallest absolute Gasteiger partial charge is 0.294 e. The molecule has 0 saturated carbocycles. The third-order valence-corrected chi connectivity index (χ3v) is 6.31. The van der Waals surface area contributed by atoms with Gasteiger partial charge < -0.3 is 14.4 Å². The van der Waals surface area contributed by atoms with Gasteiger partial charge in [0.15, 0.2) is 5.82 Å². The summed E-state index contributed by atoms with van der Waals surface area (Å²) in [5, 5.41) is 0. The van der Waals surface area contributed by atoms with Crippen LogP contribution in [0.15, 0.2) is 58.5 Å². The number of carbonyl (C=O) groups excluding carboxylic acids is 1. The van der Waals surface area contributed by atoms with E-state index in [0.717, 1.165) is 15.9 Å². The van der Waals surface area contributed by atoms with Gasteiger partial charge in [-0.2, -0.15) is 0 Å². The van der Waals surface area contributed by atoms with Gasteiger partial charge in [-0.15, -0.1) is 11.8 Å². The number of hydrogen-bond donors (Lipinski definition) is 0. The number of carbonyl (C=O) groups is 1. The number of hydrogen-bond acceptors (Lipinski definition) is 6. The predicted octanol–water partition coefficient (Wildman–Crippen LogP) is 2.89. The first kappa shape index (κ1) is 21.4. The van der Waals surface area contributed by atoms with E-state index >= 15 is 0 Å². The Morgan fingerprint density at radius 1 is 1.10 bits per heavy atom. The highest BCUT2D eigenvalue weighted by molar-refractivity contribution is 8.00. The van der Waals surface area contributed by atoms with Crippen LogP contribution in [0, 0.1) is 5.92 Å². The summed E-state index contributed by atoms with van der Waals surface area (Å²) in [5.41, 5.74) is 1.44. The minimum absolute atomic E-state index is 0.0893. The maximum atomic E-state index is 13.2. The second kappa shape index (κ2) is 9.51. The lowest BCUT2D eigenvalue weighted by molar-refractivity contribution is -0.128. The molecule has 0 spiro atoms. The molecule has 0 unspecified atom stereocenters. The van der Waals surface area contributed by atoms with E-state index in [1.807, 2.05) is 46.2 Å². The van der Waals surface area contributed by atoms with Crippen LogP contribution in [0.3, 0.4) is 0 Å². The standard InChI is InChI=1S/C23H27N5O2S/c1-17(2)15-28-20-14-24-9-8-19(20)25-22(23(28)30)27-12-10-26(11-13-27)21(29)16-31-18-6-4-3-5-7-18/h3-9,14,17H,10-13,15-16H2,1-2H3. The lowest BCUT2D eigenvalue weighted by atomic mass is 10.2. The van der Waals surface area contributed by atoms with Crippen LogP contribution >= 0.6 is 11.8 Å². The Kier molecular flexibility index (Phi) is 6.56. The summed E-state index contributed by atoms with van der Waals surface area (Å²) in [4.78, 5) is 39.7. The summed E-state index contributed by atoms with van der Waals surface area (Å²) in [5.74, 6) is 1.34. The maximum Gasteiger partial charge on any atom is 0.294 e. The summed E-state index contributed by atoms with van der Waals surface area (Å²) >= 11 is 1.55. The minimum Gasteiger partial charge on any atom is -0.348 e. The third kappa shape index (κ3) is 4.90. The average Bonchev–Trinajstić information content (AvgIpc) is 2.80. The normalized spacial score (nSPS) is 14.4. The molecule has 3 heterocycles. The van der Waals surface area contributed by atoms with Crippen LogP contribution in [0.1, 0.15) is 13.8 Å². The molecule has 162 valence electrons. The molecule has 0 atom stereocenters. The first-order chi connectivity index (χ1) is 15.0. The van der Waals surface area contributed by atoms with Crippen molar-refractivity contribution in [1.82, 2.24) is 19.4 Å². The van der Waals surface area contributed by atoms with Crippen LogP contribution in [-0.4, -0.2) is 57.3 Å². The number of amides is 1. The number of anilines is 1. The van der Waals surface area contributed by atoms with Crippen molar-refractivity contribution in [3.05, 3.63) is 59.1 Å². The molecule has 0 bridgehead atoms. The summed E-state index contributed by atoms with van der Waals surface area (Å²) < 4.78 is 1.78. The van der Waals surface area contributed by atoms with Gasteiger partial charge in [0.05, 0.1) is 23.0 Å². The van der Waals surface area contributed by atoms with E-state index in [-0.39, 0.29) is 11.5 Å². The van der Waals surface area contributed by atoms with E-state index in [2.05, 4.69) is 23.8 Å². The maximum absolute atomic E-state index is 13.2. The molecule has 1 saturated heterocycles. The number of nitrogens with zero attached hydrogens (tertiary/aromatic N) is 5. The Morgan fingerprint density at radius 2 is 1.84 bits per heavy atom. The second-order valence-corrected chi connectivity index (χ2v) is 9.13. The van der Waals surface area contributed by atoms with Crippen LogP contribution in [0.2, 0.25) is 0 Å². The number of piperazine rings is 1. The summed E-state index contributed by atoms with van der Waals surface area (Å²) in [6.45, 7) is 7.18. The lowest BCUT2D eigenvalue weighted by Gasteiger charge is -2.35. The zero-order valence-corrected chi connectivity index (χ0v) is 18.7. The molecule has 2 aromatic heterocycles. The molecule has 1 aliphatic rings. The van der Waals surface area contributed by atoms with Crippen molar-refractivity contribution >= 4 is 34.5 Å². The van der Waals surface area contributed by atoms with E-state index in [4.69, 9.17) is 0 Å². The molecule has 0 radical (unpaired) electrons. The van der Waals surface area contributed by atoms with E-state index in [1.165, 1.54) is 0 Å².